The lowest BCUT2D eigenvalue weighted by molar-refractivity contribution is -0.117. The van der Waals surface area contributed by atoms with Gasteiger partial charge in [0.2, 0.25) is 0 Å². The lowest BCUT2D eigenvalue weighted by atomic mass is 10.1. The predicted octanol–water partition coefficient (Wildman–Crippen LogP) is 0.830. The molecule has 0 saturated heterocycles. The number of carbonyl (C=O) groups is 1. The zero-order valence-corrected chi connectivity index (χ0v) is 9.79. The van der Waals surface area contributed by atoms with Crippen molar-refractivity contribution in [2.45, 2.75) is 6.42 Å². The van der Waals surface area contributed by atoms with Crippen molar-refractivity contribution in [3.63, 3.8) is 0 Å². The van der Waals surface area contributed by atoms with Crippen molar-refractivity contribution in [3.8, 4) is 5.75 Å². The first-order valence-corrected chi connectivity index (χ1v) is 4.96. The number of halogens is 2. The van der Waals surface area contributed by atoms with Crippen molar-refractivity contribution >= 4 is 23.5 Å². The van der Waals surface area contributed by atoms with E-state index in [9.17, 15) is 9.18 Å². The van der Waals surface area contributed by atoms with Gasteiger partial charge in [-0.3, -0.25) is 4.79 Å². The Balaban J connectivity index is 3.06. The molecule has 0 saturated carbocycles. The predicted molar refractivity (Wildman–Crippen MR) is 62.5 cm³/mol. The molecule has 1 amide bonds. The summed E-state index contributed by atoms with van der Waals surface area (Å²) in [6.45, 7) is 0. The van der Waals surface area contributed by atoms with E-state index in [-0.39, 0.29) is 28.7 Å². The van der Waals surface area contributed by atoms with Crippen LogP contribution in [0.4, 0.5) is 4.39 Å². The Morgan fingerprint density at radius 1 is 1.53 bits per heavy atom. The van der Waals surface area contributed by atoms with E-state index in [4.69, 9.17) is 27.8 Å². The molecule has 0 bridgehead atoms. The molecule has 0 aliphatic heterocycles. The van der Waals surface area contributed by atoms with Crippen LogP contribution in [0.25, 0.3) is 0 Å². The van der Waals surface area contributed by atoms with E-state index >= 15 is 0 Å². The molecule has 17 heavy (non-hydrogen) atoms. The fourth-order valence-corrected chi connectivity index (χ4v) is 1.44. The summed E-state index contributed by atoms with van der Waals surface area (Å²) < 4.78 is 18.5. The summed E-state index contributed by atoms with van der Waals surface area (Å²) in [6.07, 6.45) is -0.334. The molecule has 5 nitrogen and oxygen atoms in total. The number of nitrogens with zero attached hydrogens (tertiary/aromatic N) is 1. The molecule has 0 fully saturated rings. The molecule has 7 heteroatoms. The summed E-state index contributed by atoms with van der Waals surface area (Å²) in [4.78, 5) is 14.6. The summed E-state index contributed by atoms with van der Waals surface area (Å²) in [5.41, 5.74) is 10.1. The second kappa shape index (κ2) is 5.49. The second-order valence-electron chi connectivity index (χ2n) is 3.15. The quantitative estimate of drug-likeness (QED) is 0.621. The molecule has 0 spiro atoms. The van der Waals surface area contributed by atoms with Crippen LogP contribution in [0.5, 0.6) is 5.75 Å². The number of methoxy groups -OCH3 is 1. The maximum Gasteiger partial charge on any atom is 0.253 e. The topological polar surface area (TPSA) is 90.7 Å². The molecule has 0 unspecified atom stereocenters. The van der Waals surface area contributed by atoms with E-state index in [1.54, 1.807) is 0 Å². The lowest BCUT2D eigenvalue weighted by Gasteiger charge is -2.07. The van der Waals surface area contributed by atoms with Crippen LogP contribution >= 0.6 is 11.6 Å². The third kappa shape index (κ3) is 3.32. The first-order valence-electron chi connectivity index (χ1n) is 4.59. The molecule has 92 valence electrons. The van der Waals surface area contributed by atoms with E-state index in [0.717, 1.165) is 0 Å². The SMILES string of the molecule is COc1ccc(Cl)c(CC(=O)N=C(N)N)c1F. The number of ether oxygens (including phenoxy) is 1. The van der Waals surface area contributed by atoms with E-state index in [1.165, 1.54) is 19.2 Å². The highest BCUT2D eigenvalue weighted by Crippen LogP contribution is 2.27. The largest absolute Gasteiger partial charge is 0.494 e. The summed E-state index contributed by atoms with van der Waals surface area (Å²) in [7, 11) is 1.31. The number of guanidine groups is 1. The highest BCUT2D eigenvalue weighted by Gasteiger charge is 2.16. The fraction of sp³-hybridized carbons (Fsp3) is 0.200. The molecule has 1 aromatic rings. The molecule has 0 heterocycles. The van der Waals surface area contributed by atoms with Gasteiger partial charge in [0.05, 0.1) is 13.5 Å². The number of rotatable bonds is 3. The molecule has 4 N–H and O–H groups in total. The first kappa shape index (κ1) is 13.2. The molecule has 0 aliphatic rings. The molecule has 0 atom stereocenters. The first-order chi connectivity index (χ1) is 7.95. The number of hydrogen-bond donors (Lipinski definition) is 2. The molecule has 0 radical (unpaired) electrons. The fourth-order valence-electron chi connectivity index (χ4n) is 1.23. The van der Waals surface area contributed by atoms with Gasteiger partial charge in [-0.15, -0.1) is 0 Å². The number of carbonyl (C=O) groups excluding carboxylic acids is 1. The van der Waals surface area contributed by atoms with Crippen LogP contribution in [0.15, 0.2) is 17.1 Å². The molecular weight excluding hydrogens is 249 g/mol. The molecule has 1 aromatic carbocycles. The summed E-state index contributed by atoms with van der Waals surface area (Å²) >= 11 is 5.78. The van der Waals surface area contributed by atoms with Gasteiger partial charge in [-0.25, -0.2) is 4.39 Å². The van der Waals surface area contributed by atoms with E-state index in [1.807, 2.05) is 0 Å². The van der Waals surface area contributed by atoms with Crippen molar-refractivity contribution in [1.29, 1.82) is 0 Å². The van der Waals surface area contributed by atoms with Gasteiger partial charge in [-0.05, 0) is 12.1 Å². The van der Waals surface area contributed by atoms with E-state index in [0.29, 0.717) is 0 Å². The number of nitrogens with two attached hydrogens (primary N) is 2. The molecule has 0 aliphatic carbocycles. The Kier molecular flexibility index (Phi) is 4.28. The Morgan fingerprint density at radius 2 is 2.18 bits per heavy atom. The number of hydrogen-bond acceptors (Lipinski definition) is 2. The molecular formula is C10H11ClFN3O2. The van der Waals surface area contributed by atoms with Gasteiger partial charge in [-0.1, -0.05) is 11.6 Å². The average Bonchev–Trinajstić information content (AvgIpc) is 2.23. The third-order valence-electron chi connectivity index (χ3n) is 1.95. The molecule has 0 aromatic heterocycles. The highest BCUT2D eigenvalue weighted by molar-refractivity contribution is 6.31. The minimum Gasteiger partial charge on any atom is -0.494 e. The van der Waals surface area contributed by atoms with Gasteiger partial charge in [-0.2, -0.15) is 4.99 Å². The number of aliphatic imine (C=N–C) groups is 1. The van der Waals surface area contributed by atoms with Gasteiger partial charge < -0.3 is 16.2 Å². The van der Waals surface area contributed by atoms with Gasteiger partial charge in [0.25, 0.3) is 5.91 Å². The maximum absolute atomic E-state index is 13.8. The second-order valence-corrected chi connectivity index (χ2v) is 3.56. The normalized spacial score (nSPS) is 9.82. The van der Waals surface area contributed by atoms with Crippen LogP contribution in [0, 0.1) is 5.82 Å². The lowest BCUT2D eigenvalue weighted by Crippen LogP contribution is -2.24. The summed E-state index contributed by atoms with van der Waals surface area (Å²) in [5, 5.41) is 0.113. The van der Waals surface area contributed by atoms with E-state index < -0.39 is 11.7 Å². The monoisotopic (exact) mass is 259 g/mol. The van der Waals surface area contributed by atoms with Crippen molar-refractivity contribution in [2.75, 3.05) is 7.11 Å². The van der Waals surface area contributed by atoms with Crippen LogP contribution in [0.2, 0.25) is 5.02 Å². The average molecular weight is 260 g/mol. The van der Waals surface area contributed by atoms with Crippen molar-refractivity contribution in [1.82, 2.24) is 0 Å². The third-order valence-corrected chi connectivity index (χ3v) is 2.31. The van der Waals surface area contributed by atoms with Gasteiger partial charge in [0, 0.05) is 10.6 Å². The summed E-state index contributed by atoms with van der Waals surface area (Å²) in [5.74, 6) is -1.76. The van der Waals surface area contributed by atoms with Crippen molar-refractivity contribution in [2.24, 2.45) is 16.5 Å². The maximum atomic E-state index is 13.8. The van der Waals surface area contributed by atoms with Crippen molar-refractivity contribution in [3.05, 3.63) is 28.5 Å². The standard InChI is InChI=1S/C10H11ClFN3O2/c1-17-7-3-2-6(11)5(9(7)12)4-8(16)15-10(13)14/h2-3H,4H2,1H3,(H4,13,14,15,16). The van der Waals surface area contributed by atoms with Crippen LogP contribution < -0.4 is 16.2 Å². The number of amides is 1. The Labute approximate surface area is 102 Å². The Hall–Kier alpha value is -1.82. The van der Waals surface area contributed by atoms with Gasteiger partial charge >= 0.3 is 0 Å². The van der Waals surface area contributed by atoms with Crippen LogP contribution in [-0.4, -0.2) is 19.0 Å². The Morgan fingerprint density at radius 3 is 2.71 bits per heavy atom. The van der Waals surface area contributed by atoms with Crippen LogP contribution in [0.1, 0.15) is 5.56 Å². The Bertz CT molecular complexity index is 473. The van der Waals surface area contributed by atoms with Gasteiger partial charge in [0.1, 0.15) is 0 Å². The minimum atomic E-state index is -0.695. The zero-order valence-electron chi connectivity index (χ0n) is 9.04. The van der Waals surface area contributed by atoms with E-state index in [2.05, 4.69) is 4.99 Å². The number of benzene rings is 1. The molecule has 1 rings (SSSR count). The minimum absolute atomic E-state index is 0.000941. The summed E-state index contributed by atoms with van der Waals surface area (Å²) in [6, 6.07) is 2.80. The van der Waals surface area contributed by atoms with Gasteiger partial charge in [0.15, 0.2) is 17.5 Å². The zero-order chi connectivity index (χ0) is 13.0. The highest BCUT2D eigenvalue weighted by atomic mass is 35.5. The smallest absolute Gasteiger partial charge is 0.253 e. The van der Waals surface area contributed by atoms with Crippen LogP contribution in [-0.2, 0) is 11.2 Å². The van der Waals surface area contributed by atoms with Crippen molar-refractivity contribution < 1.29 is 13.9 Å². The van der Waals surface area contributed by atoms with Crippen LogP contribution in [0.3, 0.4) is 0 Å².